The van der Waals surface area contributed by atoms with Gasteiger partial charge in [-0.3, -0.25) is 9.69 Å². The molecule has 0 aromatic heterocycles. The van der Waals surface area contributed by atoms with E-state index >= 15 is 0 Å². The maximum Gasteiger partial charge on any atom is 0.321 e. The molecule has 0 bridgehead atoms. The normalized spacial score (nSPS) is 11.7. The van der Waals surface area contributed by atoms with Crippen molar-refractivity contribution in [2.24, 2.45) is 5.92 Å². The molecule has 0 saturated heterocycles. The number of nitrogens with zero attached hydrogens (tertiary/aromatic N) is 1. The summed E-state index contributed by atoms with van der Waals surface area (Å²) in [5.41, 5.74) is 1.84. The first-order valence-corrected chi connectivity index (χ1v) is 6.26. The molecule has 0 heterocycles. The Labute approximate surface area is 113 Å². The van der Waals surface area contributed by atoms with Gasteiger partial charge in [-0.15, -0.1) is 0 Å². The monoisotopic (exact) mass is 264 g/mol. The van der Waals surface area contributed by atoms with Crippen LogP contribution in [0.3, 0.4) is 0 Å². The Bertz CT molecular complexity index is 460. The third-order valence-electron chi connectivity index (χ3n) is 3.04. The van der Waals surface area contributed by atoms with Gasteiger partial charge < -0.3 is 10.4 Å². The number of anilines is 1. The van der Waals surface area contributed by atoms with Crippen LogP contribution in [-0.4, -0.2) is 30.7 Å². The minimum absolute atomic E-state index is 0.140. The third-order valence-corrected chi connectivity index (χ3v) is 3.04. The van der Waals surface area contributed by atoms with Crippen molar-refractivity contribution in [3.63, 3.8) is 0 Å². The van der Waals surface area contributed by atoms with Gasteiger partial charge in [0.25, 0.3) is 0 Å². The second kappa shape index (κ2) is 6.78. The molecular weight excluding hydrogens is 244 g/mol. The lowest BCUT2D eigenvalue weighted by molar-refractivity contribution is -0.141. The number of benzene rings is 1. The summed E-state index contributed by atoms with van der Waals surface area (Å²) >= 11 is 0. The van der Waals surface area contributed by atoms with E-state index in [-0.39, 0.29) is 12.6 Å². The fourth-order valence-electron chi connectivity index (χ4n) is 1.69. The Morgan fingerprint density at radius 2 is 2.11 bits per heavy atom. The zero-order chi connectivity index (χ0) is 14.4. The van der Waals surface area contributed by atoms with Gasteiger partial charge in [0, 0.05) is 19.3 Å². The van der Waals surface area contributed by atoms with E-state index in [2.05, 4.69) is 5.32 Å². The molecule has 0 spiro atoms. The van der Waals surface area contributed by atoms with Crippen LogP contribution in [0.2, 0.25) is 0 Å². The van der Waals surface area contributed by atoms with Gasteiger partial charge in [-0.2, -0.15) is 0 Å². The smallest absolute Gasteiger partial charge is 0.321 e. The van der Waals surface area contributed by atoms with Crippen molar-refractivity contribution in [3.8, 4) is 0 Å². The molecule has 0 radical (unpaired) electrons. The maximum atomic E-state index is 11.9. The van der Waals surface area contributed by atoms with E-state index in [9.17, 15) is 9.59 Å². The molecule has 0 saturated carbocycles. The first-order chi connectivity index (χ1) is 8.95. The Kier molecular flexibility index (Phi) is 5.36. The van der Waals surface area contributed by atoms with Crippen LogP contribution in [0.5, 0.6) is 0 Å². The van der Waals surface area contributed by atoms with Gasteiger partial charge in [0.15, 0.2) is 0 Å². The lowest BCUT2D eigenvalue weighted by Gasteiger charge is -2.20. The van der Waals surface area contributed by atoms with Crippen molar-refractivity contribution in [2.75, 3.05) is 18.5 Å². The van der Waals surface area contributed by atoms with E-state index in [1.54, 1.807) is 14.0 Å². The third kappa shape index (κ3) is 4.28. The van der Waals surface area contributed by atoms with Crippen LogP contribution in [-0.2, 0) is 4.79 Å². The molecule has 1 aromatic carbocycles. The van der Waals surface area contributed by atoms with E-state index in [4.69, 9.17) is 5.11 Å². The molecular formula is C14H20N2O3. The summed E-state index contributed by atoms with van der Waals surface area (Å²) in [6, 6.07) is 7.26. The lowest BCUT2D eigenvalue weighted by atomic mass is 10.1. The molecule has 104 valence electrons. The SMILES string of the molecule is CCC(CNC(=O)N(C)c1cccc(C)c1)C(=O)O. The van der Waals surface area contributed by atoms with Crippen LogP contribution in [0.25, 0.3) is 0 Å². The van der Waals surface area contributed by atoms with Gasteiger partial charge >= 0.3 is 12.0 Å². The van der Waals surface area contributed by atoms with E-state index in [0.29, 0.717) is 6.42 Å². The predicted molar refractivity (Wildman–Crippen MR) is 74.4 cm³/mol. The first kappa shape index (κ1) is 15.0. The topological polar surface area (TPSA) is 69.6 Å². The van der Waals surface area contributed by atoms with Gasteiger partial charge in [-0.05, 0) is 31.0 Å². The van der Waals surface area contributed by atoms with E-state index in [1.165, 1.54) is 4.90 Å². The molecule has 1 aromatic rings. The zero-order valence-corrected chi connectivity index (χ0v) is 11.5. The highest BCUT2D eigenvalue weighted by atomic mass is 16.4. The summed E-state index contributed by atoms with van der Waals surface area (Å²) < 4.78 is 0. The number of rotatable bonds is 5. The number of amides is 2. The molecule has 0 aliphatic rings. The molecule has 1 unspecified atom stereocenters. The molecule has 2 amide bonds. The largest absolute Gasteiger partial charge is 0.481 e. The number of hydrogen-bond donors (Lipinski definition) is 2. The number of urea groups is 1. The number of carbonyl (C=O) groups is 2. The summed E-state index contributed by atoms with van der Waals surface area (Å²) in [5.74, 6) is -1.43. The number of carbonyl (C=O) groups excluding carboxylic acids is 1. The fourth-order valence-corrected chi connectivity index (χ4v) is 1.69. The van der Waals surface area contributed by atoms with Crippen molar-refractivity contribution in [1.29, 1.82) is 0 Å². The Morgan fingerprint density at radius 3 is 2.63 bits per heavy atom. The van der Waals surface area contributed by atoms with Crippen LogP contribution in [0, 0.1) is 12.8 Å². The lowest BCUT2D eigenvalue weighted by Crippen LogP contribution is -2.41. The van der Waals surface area contributed by atoms with E-state index in [0.717, 1.165) is 11.3 Å². The number of hydrogen-bond acceptors (Lipinski definition) is 2. The Hall–Kier alpha value is -2.04. The van der Waals surface area contributed by atoms with Crippen LogP contribution < -0.4 is 10.2 Å². The summed E-state index contributed by atoms with van der Waals surface area (Å²) in [5, 5.41) is 11.6. The maximum absolute atomic E-state index is 11.9. The summed E-state index contributed by atoms with van der Waals surface area (Å²) in [6.07, 6.45) is 0.490. The van der Waals surface area contributed by atoms with Gasteiger partial charge in [0.05, 0.1) is 5.92 Å². The highest BCUT2D eigenvalue weighted by Gasteiger charge is 2.17. The zero-order valence-electron chi connectivity index (χ0n) is 11.5. The van der Waals surface area contributed by atoms with Gasteiger partial charge in [-0.25, -0.2) is 4.79 Å². The van der Waals surface area contributed by atoms with Crippen molar-refractivity contribution in [3.05, 3.63) is 29.8 Å². The number of carboxylic acid groups (broad SMARTS) is 1. The highest BCUT2D eigenvalue weighted by molar-refractivity contribution is 5.91. The van der Waals surface area contributed by atoms with Crippen molar-refractivity contribution < 1.29 is 14.7 Å². The number of aliphatic carboxylic acids is 1. The standard InChI is InChI=1S/C14H20N2O3/c1-4-11(13(17)18)9-15-14(19)16(3)12-7-5-6-10(2)8-12/h5-8,11H,4,9H2,1-3H3,(H,15,19)(H,17,18). The van der Waals surface area contributed by atoms with Crippen molar-refractivity contribution in [2.45, 2.75) is 20.3 Å². The van der Waals surface area contributed by atoms with E-state index in [1.807, 2.05) is 31.2 Å². The van der Waals surface area contributed by atoms with Crippen molar-refractivity contribution >= 4 is 17.7 Å². The molecule has 19 heavy (non-hydrogen) atoms. The highest BCUT2D eigenvalue weighted by Crippen LogP contribution is 2.14. The number of aryl methyl sites for hydroxylation is 1. The van der Waals surface area contributed by atoms with Crippen LogP contribution in [0.1, 0.15) is 18.9 Å². The summed E-state index contributed by atoms with van der Waals surface area (Å²) in [7, 11) is 1.66. The summed E-state index contributed by atoms with van der Waals surface area (Å²) in [4.78, 5) is 24.3. The Balaban J connectivity index is 2.61. The average molecular weight is 264 g/mol. The van der Waals surface area contributed by atoms with Crippen LogP contribution in [0.4, 0.5) is 10.5 Å². The summed E-state index contributed by atoms with van der Waals surface area (Å²) in [6.45, 7) is 3.88. The molecule has 0 aliphatic heterocycles. The second-order valence-corrected chi connectivity index (χ2v) is 4.53. The molecule has 5 heteroatoms. The minimum Gasteiger partial charge on any atom is -0.481 e. The van der Waals surface area contributed by atoms with Gasteiger partial charge in [-0.1, -0.05) is 19.1 Å². The first-order valence-electron chi connectivity index (χ1n) is 6.26. The van der Waals surface area contributed by atoms with Crippen molar-refractivity contribution in [1.82, 2.24) is 5.32 Å². The molecule has 2 N–H and O–H groups in total. The van der Waals surface area contributed by atoms with Crippen LogP contribution >= 0.6 is 0 Å². The van der Waals surface area contributed by atoms with E-state index < -0.39 is 11.9 Å². The average Bonchev–Trinajstić information content (AvgIpc) is 2.38. The van der Waals surface area contributed by atoms with Gasteiger partial charge in [0.2, 0.25) is 0 Å². The molecule has 1 atom stereocenters. The predicted octanol–water partition coefficient (Wildman–Crippen LogP) is 2.25. The number of carboxylic acids is 1. The molecule has 5 nitrogen and oxygen atoms in total. The molecule has 0 aliphatic carbocycles. The minimum atomic E-state index is -0.888. The second-order valence-electron chi connectivity index (χ2n) is 4.53. The molecule has 1 rings (SSSR count). The number of nitrogens with one attached hydrogen (secondary N) is 1. The van der Waals surface area contributed by atoms with Gasteiger partial charge in [0.1, 0.15) is 0 Å². The fraction of sp³-hybridized carbons (Fsp3) is 0.429. The Morgan fingerprint density at radius 1 is 1.42 bits per heavy atom. The quantitative estimate of drug-likeness (QED) is 0.857. The molecule has 0 fully saturated rings. The van der Waals surface area contributed by atoms with Crippen LogP contribution in [0.15, 0.2) is 24.3 Å².